The Morgan fingerprint density at radius 2 is 1.73 bits per heavy atom. The van der Waals surface area contributed by atoms with E-state index in [1.54, 1.807) is 24.3 Å². The fraction of sp³-hybridized carbons (Fsp3) is 0. The van der Waals surface area contributed by atoms with E-state index in [1.807, 2.05) is 18.2 Å². The van der Waals surface area contributed by atoms with Crippen molar-refractivity contribution in [2.45, 2.75) is 0 Å². The molecule has 0 aromatic heterocycles. The third kappa shape index (κ3) is 1.76. The third-order valence-corrected chi connectivity index (χ3v) is 2.55. The van der Waals surface area contributed by atoms with E-state index in [4.69, 9.17) is 17.3 Å². The first kappa shape index (κ1) is 9.87. The molecule has 0 unspecified atom stereocenters. The van der Waals surface area contributed by atoms with Crippen LogP contribution >= 0.6 is 11.6 Å². The maximum Gasteiger partial charge on any atom is 0.125 e. The molecule has 0 amide bonds. The lowest BCUT2D eigenvalue weighted by Gasteiger charge is -2.09. The Hall–Kier alpha value is -1.67. The van der Waals surface area contributed by atoms with Crippen LogP contribution in [0.3, 0.4) is 0 Å². The summed E-state index contributed by atoms with van der Waals surface area (Å²) in [7, 11) is 0. The topological polar surface area (TPSA) is 46.2 Å². The monoisotopic (exact) mass is 219 g/mol. The summed E-state index contributed by atoms with van der Waals surface area (Å²) >= 11 is 6.04. The molecule has 0 saturated carbocycles. The van der Waals surface area contributed by atoms with Crippen molar-refractivity contribution in [3.05, 3.63) is 47.5 Å². The highest BCUT2D eigenvalue weighted by molar-refractivity contribution is 6.33. The first-order valence-corrected chi connectivity index (χ1v) is 4.90. The Morgan fingerprint density at radius 1 is 1.00 bits per heavy atom. The molecule has 76 valence electrons. The van der Waals surface area contributed by atoms with E-state index in [9.17, 15) is 5.11 Å². The number of hydrogen-bond acceptors (Lipinski definition) is 2. The van der Waals surface area contributed by atoms with Gasteiger partial charge in [-0.15, -0.1) is 0 Å². The number of nitrogens with two attached hydrogens (primary N) is 1. The van der Waals surface area contributed by atoms with Crippen molar-refractivity contribution in [2.24, 2.45) is 0 Å². The molecule has 0 heterocycles. The first-order valence-electron chi connectivity index (χ1n) is 4.52. The number of halogens is 1. The van der Waals surface area contributed by atoms with Gasteiger partial charge in [-0.05, 0) is 18.2 Å². The van der Waals surface area contributed by atoms with Gasteiger partial charge in [-0.1, -0.05) is 35.9 Å². The first-order chi connectivity index (χ1) is 7.20. The van der Waals surface area contributed by atoms with Gasteiger partial charge < -0.3 is 10.8 Å². The van der Waals surface area contributed by atoms with Gasteiger partial charge in [0.05, 0.1) is 0 Å². The smallest absolute Gasteiger partial charge is 0.125 e. The summed E-state index contributed by atoms with van der Waals surface area (Å²) in [4.78, 5) is 0. The SMILES string of the molecule is Nc1cccc(O)c1-c1ccccc1Cl. The van der Waals surface area contributed by atoms with Crippen LogP contribution in [-0.4, -0.2) is 5.11 Å². The van der Waals surface area contributed by atoms with Gasteiger partial charge in [-0.3, -0.25) is 0 Å². The minimum absolute atomic E-state index is 0.142. The van der Waals surface area contributed by atoms with Crippen molar-refractivity contribution in [3.63, 3.8) is 0 Å². The summed E-state index contributed by atoms with van der Waals surface area (Å²) in [6, 6.07) is 12.3. The molecule has 0 aliphatic heterocycles. The van der Waals surface area contributed by atoms with E-state index in [0.717, 1.165) is 5.56 Å². The van der Waals surface area contributed by atoms with Gasteiger partial charge in [0.2, 0.25) is 0 Å². The number of nitrogen functional groups attached to an aromatic ring is 1. The summed E-state index contributed by atoms with van der Waals surface area (Å²) in [5, 5.41) is 10.3. The Balaban J connectivity index is 2.69. The second-order valence-electron chi connectivity index (χ2n) is 3.22. The van der Waals surface area contributed by atoms with E-state index >= 15 is 0 Å². The van der Waals surface area contributed by atoms with Crippen LogP contribution in [0.4, 0.5) is 5.69 Å². The molecule has 3 N–H and O–H groups in total. The average Bonchev–Trinajstić information content (AvgIpc) is 2.20. The largest absolute Gasteiger partial charge is 0.507 e. The molecule has 15 heavy (non-hydrogen) atoms. The number of rotatable bonds is 1. The minimum atomic E-state index is 0.142. The number of benzene rings is 2. The number of hydrogen-bond donors (Lipinski definition) is 2. The molecule has 2 aromatic carbocycles. The molecule has 0 atom stereocenters. The Morgan fingerprint density at radius 3 is 2.40 bits per heavy atom. The Labute approximate surface area is 92.9 Å². The Bertz CT molecular complexity index is 476. The quantitative estimate of drug-likeness (QED) is 0.723. The predicted molar refractivity (Wildman–Crippen MR) is 63.0 cm³/mol. The second kappa shape index (κ2) is 3.83. The third-order valence-electron chi connectivity index (χ3n) is 2.22. The molecule has 0 aliphatic carbocycles. The zero-order valence-corrected chi connectivity index (χ0v) is 8.70. The van der Waals surface area contributed by atoms with Gasteiger partial charge in [0.15, 0.2) is 0 Å². The fourth-order valence-corrected chi connectivity index (χ4v) is 1.75. The van der Waals surface area contributed by atoms with Gasteiger partial charge in [0, 0.05) is 21.8 Å². The van der Waals surface area contributed by atoms with E-state index in [1.165, 1.54) is 0 Å². The van der Waals surface area contributed by atoms with E-state index in [2.05, 4.69) is 0 Å². The zero-order chi connectivity index (χ0) is 10.8. The van der Waals surface area contributed by atoms with Crippen LogP contribution in [0, 0.1) is 0 Å². The summed E-state index contributed by atoms with van der Waals surface area (Å²) < 4.78 is 0. The van der Waals surface area contributed by atoms with Crippen molar-refractivity contribution < 1.29 is 5.11 Å². The normalized spacial score (nSPS) is 10.2. The van der Waals surface area contributed by atoms with Gasteiger partial charge in [0.1, 0.15) is 5.75 Å². The minimum Gasteiger partial charge on any atom is -0.507 e. The molecule has 0 radical (unpaired) electrons. The van der Waals surface area contributed by atoms with Crippen molar-refractivity contribution in [1.82, 2.24) is 0 Å². The van der Waals surface area contributed by atoms with Gasteiger partial charge in [-0.25, -0.2) is 0 Å². The molecule has 2 aromatic rings. The summed E-state index contributed by atoms with van der Waals surface area (Å²) in [5.41, 5.74) is 7.65. The van der Waals surface area contributed by atoms with Crippen molar-refractivity contribution in [1.29, 1.82) is 0 Å². The lowest BCUT2D eigenvalue weighted by atomic mass is 10.0. The molecule has 2 rings (SSSR count). The van der Waals surface area contributed by atoms with Gasteiger partial charge >= 0.3 is 0 Å². The second-order valence-corrected chi connectivity index (χ2v) is 3.63. The average molecular weight is 220 g/mol. The van der Waals surface area contributed by atoms with Crippen LogP contribution in [-0.2, 0) is 0 Å². The molecular formula is C12H10ClNO. The lowest BCUT2D eigenvalue weighted by molar-refractivity contribution is 0.477. The van der Waals surface area contributed by atoms with Crippen LogP contribution in [0.15, 0.2) is 42.5 Å². The van der Waals surface area contributed by atoms with Crippen molar-refractivity contribution in [2.75, 3.05) is 5.73 Å². The number of phenols is 1. The molecule has 0 saturated heterocycles. The van der Waals surface area contributed by atoms with E-state index < -0.39 is 0 Å². The predicted octanol–water partition coefficient (Wildman–Crippen LogP) is 3.29. The number of aromatic hydroxyl groups is 1. The highest BCUT2D eigenvalue weighted by atomic mass is 35.5. The van der Waals surface area contributed by atoms with Crippen LogP contribution in [0.2, 0.25) is 5.02 Å². The summed E-state index contributed by atoms with van der Waals surface area (Å²) in [6.07, 6.45) is 0. The van der Waals surface area contributed by atoms with Crippen LogP contribution in [0.25, 0.3) is 11.1 Å². The van der Waals surface area contributed by atoms with E-state index in [-0.39, 0.29) is 5.75 Å². The van der Waals surface area contributed by atoms with Gasteiger partial charge in [-0.2, -0.15) is 0 Å². The van der Waals surface area contributed by atoms with E-state index in [0.29, 0.717) is 16.3 Å². The molecule has 0 aliphatic rings. The number of phenolic OH excluding ortho intramolecular Hbond substituents is 1. The molecule has 0 spiro atoms. The standard InChI is InChI=1S/C12H10ClNO/c13-9-5-2-1-4-8(9)12-10(14)6-3-7-11(12)15/h1-7,15H,14H2. The zero-order valence-electron chi connectivity index (χ0n) is 7.94. The molecular weight excluding hydrogens is 210 g/mol. The molecule has 0 fully saturated rings. The molecule has 0 bridgehead atoms. The van der Waals surface area contributed by atoms with Crippen molar-refractivity contribution in [3.8, 4) is 16.9 Å². The summed E-state index contributed by atoms with van der Waals surface area (Å²) in [6.45, 7) is 0. The van der Waals surface area contributed by atoms with Crippen molar-refractivity contribution >= 4 is 17.3 Å². The fourth-order valence-electron chi connectivity index (χ4n) is 1.51. The van der Waals surface area contributed by atoms with Gasteiger partial charge in [0.25, 0.3) is 0 Å². The van der Waals surface area contributed by atoms with Crippen LogP contribution in [0.5, 0.6) is 5.75 Å². The maximum absolute atomic E-state index is 9.73. The summed E-state index contributed by atoms with van der Waals surface area (Å²) in [5.74, 6) is 0.142. The lowest BCUT2D eigenvalue weighted by Crippen LogP contribution is -1.90. The number of anilines is 1. The highest BCUT2D eigenvalue weighted by Gasteiger charge is 2.10. The van der Waals surface area contributed by atoms with Crippen LogP contribution in [0.1, 0.15) is 0 Å². The Kier molecular flexibility index (Phi) is 2.52. The molecule has 2 nitrogen and oxygen atoms in total. The van der Waals surface area contributed by atoms with Crippen LogP contribution < -0.4 is 5.73 Å². The maximum atomic E-state index is 9.73. The highest BCUT2D eigenvalue weighted by Crippen LogP contribution is 2.37. The molecule has 3 heteroatoms.